The van der Waals surface area contributed by atoms with E-state index in [0.29, 0.717) is 17.9 Å². The number of nitrogens with one attached hydrogen (secondary N) is 1. The third-order valence-corrected chi connectivity index (χ3v) is 5.50. The van der Waals surface area contributed by atoms with Crippen LogP contribution in [0.2, 0.25) is 0 Å². The van der Waals surface area contributed by atoms with Gasteiger partial charge in [-0.3, -0.25) is 4.79 Å². The molecular formula is C30H30N2O5. The summed E-state index contributed by atoms with van der Waals surface area (Å²) in [6, 6.07) is 24.1. The summed E-state index contributed by atoms with van der Waals surface area (Å²) >= 11 is 0. The number of rotatable bonds is 11. The first-order chi connectivity index (χ1) is 17.9. The van der Waals surface area contributed by atoms with Crippen molar-refractivity contribution in [3.05, 3.63) is 83.9 Å². The topological polar surface area (TPSA) is 97.7 Å². The number of benzene rings is 3. The summed E-state index contributed by atoms with van der Waals surface area (Å²) < 4.78 is 16.6. The maximum absolute atomic E-state index is 12.7. The molecule has 190 valence electrons. The molecule has 3 aromatic carbocycles. The van der Waals surface area contributed by atoms with Crippen LogP contribution in [0, 0.1) is 11.3 Å². The number of hydrogen-bond donors (Lipinski definition) is 1. The molecule has 1 unspecified atom stereocenters. The van der Waals surface area contributed by atoms with E-state index >= 15 is 0 Å². The van der Waals surface area contributed by atoms with Crippen molar-refractivity contribution in [1.82, 2.24) is 5.32 Å². The minimum absolute atomic E-state index is 0.0248. The average molecular weight is 499 g/mol. The van der Waals surface area contributed by atoms with Gasteiger partial charge in [0.1, 0.15) is 17.4 Å². The number of esters is 1. The molecule has 0 aliphatic heterocycles. The Labute approximate surface area is 217 Å². The van der Waals surface area contributed by atoms with Crippen LogP contribution in [0.15, 0.2) is 78.4 Å². The Morgan fingerprint density at radius 2 is 1.70 bits per heavy atom. The first-order valence-electron chi connectivity index (χ1n) is 12.1. The fourth-order valence-corrected chi connectivity index (χ4v) is 3.45. The number of hydrogen-bond acceptors (Lipinski definition) is 6. The standard InChI is InChI=1S/C30H30N2O5/c1-4-5-17-32-29(33)25(20-31)18-22-11-16-27(28(19-22)35-3)37-30(34)21(2)36-26-14-12-24(13-15-26)23-9-7-6-8-10-23/h6-16,18-19,21H,4-5,17H2,1-3H3,(H,32,33)/b25-18+. The Bertz CT molecular complexity index is 1280. The van der Waals surface area contributed by atoms with E-state index in [-0.39, 0.29) is 17.1 Å². The van der Waals surface area contributed by atoms with Crippen LogP contribution >= 0.6 is 0 Å². The normalized spacial score (nSPS) is 11.7. The largest absolute Gasteiger partial charge is 0.493 e. The lowest BCUT2D eigenvalue weighted by Crippen LogP contribution is -2.28. The Kier molecular flexibility index (Phi) is 9.86. The van der Waals surface area contributed by atoms with Crippen molar-refractivity contribution in [2.24, 2.45) is 0 Å². The molecule has 0 aliphatic carbocycles. The molecule has 0 aliphatic rings. The van der Waals surface area contributed by atoms with Crippen LogP contribution in [-0.4, -0.2) is 31.6 Å². The number of carbonyl (C=O) groups is 2. The summed E-state index contributed by atoms with van der Waals surface area (Å²) in [5.74, 6) is -0.0107. The molecule has 0 aromatic heterocycles. The molecule has 3 rings (SSSR count). The summed E-state index contributed by atoms with van der Waals surface area (Å²) in [6.45, 7) is 4.13. The predicted molar refractivity (Wildman–Crippen MR) is 142 cm³/mol. The first kappa shape index (κ1) is 27.0. The molecule has 0 bridgehead atoms. The van der Waals surface area contributed by atoms with Gasteiger partial charge in [-0.2, -0.15) is 5.26 Å². The summed E-state index contributed by atoms with van der Waals surface area (Å²) in [4.78, 5) is 24.9. The number of ether oxygens (including phenoxy) is 3. The predicted octanol–water partition coefficient (Wildman–Crippen LogP) is 5.56. The van der Waals surface area contributed by atoms with Crippen molar-refractivity contribution in [1.29, 1.82) is 5.26 Å². The summed E-state index contributed by atoms with van der Waals surface area (Å²) in [5.41, 5.74) is 2.66. The van der Waals surface area contributed by atoms with E-state index in [9.17, 15) is 14.9 Å². The quantitative estimate of drug-likeness (QED) is 0.122. The Balaban J connectivity index is 1.65. The highest BCUT2D eigenvalue weighted by molar-refractivity contribution is 6.01. The Morgan fingerprint density at radius 3 is 2.35 bits per heavy atom. The van der Waals surface area contributed by atoms with Gasteiger partial charge in [-0.05, 0) is 60.4 Å². The van der Waals surface area contributed by atoms with Crippen LogP contribution in [0.1, 0.15) is 32.3 Å². The van der Waals surface area contributed by atoms with Gasteiger partial charge in [-0.15, -0.1) is 0 Å². The zero-order valence-electron chi connectivity index (χ0n) is 21.2. The number of amides is 1. The number of carbonyl (C=O) groups excluding carboxylic acids is 2. The number of nitrogens with zero attached hydrogens (tertiary/aromatic N) is 1. The summed E-state index contributed by atoms with van der Waals surface area (Å²) in [5, 5.41) is 12.1. The van der Waals surface area contributed by atoms with Crippen LogP contribution in [0.5, 0.6) is 17.2 Å². The SMILES string of the molecule is CCCCNC(=O)/C(C#N)=C/c1ccc(OC(=O)C(C)Oc2ccc(-c3ccccc3)cc2)c(OC)c1. The zero-order chi connectivity index (χ0) is 26.6. The van der Waals surface area contributed by atoms with E-state index in [4.69, 9.17) is 14.2 Å². The molecule has 0 fully saturated rings. The van der Waals surface area contributed by atoms with Crippen LogP contribution in [0.4, 0.5) is 0 Å². The first-order valence-corrected chi connectivity index (χ1v) is 12.1. The maximum atomic E-state index is 12.7. The van der Waals surface area contributed by atoms with Crippen molar-refractivity contribution in [2.75, 3.05) is 13.7 Å². The van der Waals surface area contributed by atoms with Gasteiger partial charge in [0, 0.05) is 6.54 Å². The highest BCUT2D eigenvalue weighted by atomic mass is 16.6. The van der Waals surface area contributed by atoms with E-state index in [0.717, 1.165) is 24.0 Å². The van der Waals surface area contributed by atoms with Crippen molar-refractivity contribution < 1.29 is 23.8 Å². The van der Waals surface area contributed by atoms with E-state index < -0.39 is 18.0 Å². The van der Waals surface area contributed by atoms with Crippen molar-refractivity contribution in [3.63, 3.8) is 0 Å². The van der Waals surface area contributed by atoms with Gasteiger partial charge in [0.05, 0.1) is 7.11 Å². The number of unbranched alkanes of at least 4 members (excludes halogenated alkanes) is 1. The van der Waals surface area contributed by atoms with Gasteiger partial charge in [0.15, 0.2) is 17.6 Å². The molecule has 0 radical (unpaired) electrons. The minimum Gasteiger partial charge on any atom is -0.493 e. The molecule has 0 saturated carbocycles. The second-order valence-corrected chi connectivity index (χ2v) is 8.26. The van der Waals surface area contributed by atoms with Gasteiger partial charge < -0.3 is 19.5 Å². The molecule has 1 atom stereocenters. The zero-order valence-corrected chi connectivity index (χ0v) is 21.2. The fourth-order valence-electron chi connectivity index (χ4n) is 3.45. The molecule has 1 amide bonds. The minimum atomic E-state index is -0.871. The van der Waals surface area contributed by atoms with Crippen molar-refractivity contribution in [3.8, 4) is 34.4 Å². The van der Waals surface area contributed by atoms with Gasteiger partial charge in [0.2, 0.25) is 0 Å². The highest BCUT2D eigenvalue weighted by Gasteiger charge is 2.20. The van der Waals surface area contributed by atoms with Gasteiger partial charge in [-0.1, -0.05) is 61.9 Å². The lowest BCUT2D eigenvalue weighted by Gasteiger charge is -2.16. The molecule has 7 nitrogen and oxygen atoms in total. The summed E-state index contributed by atoms with van der Waals surface area (Å²) in [7, 11) is 1.44. The Hall–Kier alpha value is -4.57. The average Bonchev–Trinajstić information content (AvgIpc) is 2.93. The van der Waals surface area contributed by atoms with E-state index in [1.165, 1.54) is 13.2 Å². The van der Waals surface area contributed by atoms with Gasteiger partial charge in [0.25, 0.3) is 5.91 Å². The number of methoxy groups -OCH3 is 1. The molecule has 1 N–H and O–H groups in total. The van der Waals surface area contributed by atoms with Crippen LogP contribution in [0.3, 0.4) is 0 Å². The molecule has 37 heavy (non-hydrogen) atoms. The van der Waals surface area contributed by atoms with Crippen molar-refractivity contribution in [2.45, 2.75) is 32.8 Å². The second kappa shape index (κ2) is 13.5. The maximum Gasteiger partial charge on any atom is 0.352 e. The summed E-state index contributed by atoms with van der Waals surface area (Å²) in [6.07, 6.45) is 2.36. The van der Waals surface area contributed by atoms with E-state index in [1.54, 1.807) is 37.3 Å². The third-order valence-electron chi connectivity index (χ3n) is 5.50. The van der Waals surface area contributed by atoms with E-state index in [2.05, 4.69) is 5.32 Å². The highest BCUT2D eigenvalue weighted by Crippen LogP contribution is 2.30. The lowest BCUT2D eigenvalue weighted by atomic mass is 10.1. The van der Waals surface area contributed by atoms with Gasteiger partial charge in [-0.25, -0.2) is 4.79 Å². The van der Waals surface area contributed by atoms with E-state index in [1.807, 2.05) is 55.5 Å². The molecule has 3 aromatic rings. The molecule has 0 saturated heterocycles. The van der Waals surface area contributed by atoms with Gasteiger partial charge >= 0.3 is 5.97 Å². The molecule has 0 spiro atoms. The molecular weight excluding hydrogens is 468 g/mol. The smallest absolute Gasteiger partial charge is 0.352 e. The number of nitriles is 1. The lowest BCUT2D eigenvalue weighted by molar-refractivity contribution is -0.141. The molecule has 7 heteroatoms. The van der Waals surface area contributed by atoms with Crippen molar-refractivity contribution >= 4 is 18.0 Å². The molecule has 0 heterocycles. The third kappa shape index (κ3) is 7.71. The van der Waals surface area contributed by atoms with Crippen LogP contribution < -0.4 is 19.5 Å². The fraction of sp³-hybridized carbons (Fsp3) is 0.233. The monoisotopic (exact) mass is 498 g/mol. The Morgan fingerprint density at radius 1 is 1.00 bits per heavy atom. The van der Waals surface area contributed by atoms with Crippen LogP contribution in [-0.2, 0) is 9.59 Å². The van der Waals surface area contributed by atoms with Crippen LogP contribution in [0.25, 0.3) is 17.2 Å². The second-order valence-electron chi connectivity index (χ2n) is 8.26.